The first-order valence-corrected chi connectivity index (χ1v) is 5.52. The highest BCUT2D eigenvalue weighted by Gasteiger charge is 2.11. The molecule has 2 N–H and O–H groups in total. The minimum Gasteiger partial charge on any atom is -0.481 e. The van der Waals surface area contributed by atoms with E-state index < -0.39 is 5.97 Å². The Balaban J connectivity index is 2.13. The van der Waals surface area contributed by atoms with E-state index in [0.29, 0.717) is 0 Å². The second-order valence-electron chi connectivity index (χ2n) is 3.95. The van der Waals surface area contributed by atoms with Gasteiger partial charge in [0.05, 0.1) is 6.42 Å². The third-order valence-corrected chi connectivity index (χ3v) is 2.53. The van der Waals surface area contributed by atoms with Crippen LogP contribution < -0.4 is 5.32 Å². The van der Waals surface area contributed by atoms with Crippen LogP contribution in [-0.4, -0.2) is 32.9 Å². The molecule has 6 heteroatoms. The molecule has 0 bridgehead atoms. The molecule has 0 saturated carbocycles. The van der Waals surface area contributed by atoms with Gasteiger partial charge in [0, 0.05) is 18.9 Å². The molecule has 0 atom stereocenters. The van der Waals surface area contributed by atoms with Gasteiger partial charge in [0.1, 0.15) is 11.3 Å². The molecule has 18 heavy (non-hydrogen) atoms. The second-order valence-corrected chi connectivity index (χ2v) is 3.95. The Morgan fingerprint density at radius 1 is 1.50 bits per heavy atom. The first-order chi connectivity index (χ1) is 8.58. The fourth-order valence-corrected chi connectivity index (χ4v) is 1.64. The van der Waals surface area contributed by atoms with E-state index in [4.69, 9.17) is 5.11 Å². The molecule has 0 saturated heterocycles. The highest BCUT2D eigenvalue weighted by atomic mass is 16.4. The van der Waals surface area contributed by atoms with Gasteiger partial charge in [-0.05, 0) is 18.6 Å². The maximum atomic E-state index is 11.7. The lowest BCUT2D eigenvalue weighted by Gasteiger charge is -1.99. The van der Waals surface area contributed by atoms with Gasteiger partial charge in [-0.15, -0.1) is 0 Å². The summed E-state index contributed by atoms with van der Waals surface area (Å²) >= 11 is 0. The van der Waals surface area contributed by atoms with Gasteiger partial charge in [-0.3, -0.25) is 9.59 Å². The minimum atomic E-state index is -0.943. The predicted octanol–water partition coefficient (Wildman–Crippen LogP) is 0.847. The van der Waals surface area contributed by atoms with E-state index in [-0.39, 0.29) is 24.6 Å². The molecule has 0 aliphatic rings. The van der Waals surface area contributed by atoms with E-state index in [1.54, 1.807) is 10.6 Å². The van der Waals surface area contributed by atoms with Crippen molar-refractivity contribution in [2.24, 2.45) is 0 Å². The van der Waals surface area contributed by atoms with Crippen molar-refractivity contribution in [3.63, 3.8) is 0 Å². The molecule has 0 aromatic carbocycles. The van der Waals surface area contributed by atoms with E-state index in [9.17, 15) is 9.59 Å². The first-order valence-electron chi connectivity index (χ1n) is 5.52. The Kier molecular flexibility index (Phi) is 3.27. The van der Waals surface area contributed by atoms with E-state index in [0.717, 1.165) is 11.2 Å². The standard InChI is InChI=1S/C12H13N3O3/c1-8-3-2-6-15-7-9(14-11(8)15)12(18)13-5-4-10(16)17/h2-3,6-7H,4-5H2,1H3,(H,13,18)(H,16,17). The maximum absolute atomic E-state index is 11.7. The van der Waals surface area contributed by atoms with Crippen molar-refractivity contribution >= 4 is 17.5 Å². The molecule has 0 aliphatic carbocycles. The molecule has 0 fully saturated rings. The van der Waals surface area contributed by atoms with Crippen molar-refractivity contribution < 1.29 is 14.7 Å². The number of pyridine rings is 1. The van der Waals surface area contributed by atoms with Crippen molar-refractivity contribution in [1.82, 2.24) is 14.7 Å². The average molecular weight is 247 g/mol. The molecule has 94 valence electrons. The van der Waals surface area contributed by atoms with Crippen LogP contribution in [0, 0.1) is 6.92 Å². The molecule has 2 aromatic rings. The summed E-state index contributed by atoms with van der Waals surface area (Å²) in [5.41, 5.74) is 1.98. The fraction of sp³-hybridized carbons (Fsp3) is 0.250. The Bertz CT molecular complexity index is 604. The maximum Gasteiger partial charge on any atom is 0.305 e. The Morgan fingerprint density at radius 2 is 2.28 bits per heavy atom. The fourth-order valence-electron chi connectivity index (χ4n) is 1.64. The number of nitrogens with zero attached hydrogens (tertiary/aromatic N) is 2. The van der Waals surface area contributed by atoms with Crippen molar-refractivity contribution in [3.05, 3.63) is 35.8 Å². The number of amides is 1. The zero-order valence-electron chi connectivity index (χ0n) is 9.88. The van der Waals surface area contributed by atoms with Crippen LogP contribution in [0.3, 0.4) is 0 Å². The highest BCUT2D eigenvalue weighted by Crippen LogP contribution is 2.09. The van der Waals surface area contributed by atoms with Gasteiger partial charge in [-0.2, -0.15) is 0 Å². The largest absolute Gasteiger partial charge is 0.481 e. The number of nitrogens with one attached hydrogen (secondary N) is 1. The summed E-state index contributed by atoms with van der Waals surface area (Å²) in [6.45, 7) is 2.01. The minimum absolute atomic E-state index is 0.0982. The zero-order valence-corrected chi connectivity index (χ0v) is 9.88. The molecule has 2 aromatic heterocycles. The Labute approximate surface area is 103 Å². The number of hydrogen-bond donors (Lipinski definition) is 2. The van der Waals surface area contributed by atoms with Gasteiger partial charge in [-0.1, -0.05) is 6.07 Å². The summed E-state index contributed by atoms with van der Waals surface area (Å²) in [6, 6.07) is 3.78. The number of carboxylic acids is 1. The van der Waals surface area contributed by atoms with Crippen LogP contribution in [0.4, 0.5) is 0 Å². The highest BCUT2D eigenvalue weighted by molar-refractivity contribution is 5.93. The summed E-state index contributed by atoms with van der Waals surface area (Å²) in [5, 5.41) is 11.0. The van der Waals surface area contributed by atoms with Gasteiger partial charge in [-0.25, -0.2) is 4.98 Å². The summed E-state index contributed by atoms with van der Waals surface area (Å²) in [7, 11) is 0. The third kappa shape index (κ3) is 2.48. The third-order valence-electron chi connectivity index (χ3n) is 2.53. The van der Waals surface area contributed by atoms with Gasteiger partial charge < -0.3 is 14.8 Å². The van der Waals surface area contributed by atoms with E-state index in [2.05, 4.69) is 10.3 Å². The number of carbonyl (C=O) groups is 2. The lowest BCUT2D eigenvalue weighted by molar-refractivity contribution is -0.136. The number of imidazole rings is 1. The van der Waals surface area contributed by atoms with E-state index in [1.165, 1.54) is 0 Å². The SMILES string of the molecule is Cc1cccn2cc(C(=O)NCCC(=O)O)nc12. The molecular formula is C12H13N3O3. The lowest BCUT2D eigenvalue weighted by atomic mass is 10.3. The van der Waals surface area contributed by atoms with Gasteiger partial charge in [0.15, 0.2) is 0 Å². The second kappa shape index (κ2) is 4.87. The van der Waals surface area contributed by atoms with Crippen LogP contribution in [0.1, 0.15) is 22.5 Å². The van der Waals surface area contributed by atoms with E-state index >= 15 is 0 Å². The molecule has 0 aliphatic heterocycles. The quantitative estimate of drug-likeness (QED) is 0.838. The normalized spacial score (nSPS) is 10.5. The van der Waals surface area contributed by atoms with Crippen LogP contribution in [0.2, 0.25) is 0 Å². The van der Waals surface area contributed by atoms with Crippen molar-refractivity contribution in [2.75, 3.05) is 6.54 Å². The molecule has 0 radical (unpaired) electrons. The van der Waals surface area contributed by atoms with Crippen molar-refractivity contribution in [1.29, 1.82) is 0 Å². The summed E-state index contributed by atoms with van der Waals surface area (Å²) in [5.74, 6) is -1.31. The molecule has 0 spiro atoms. The van der Waals surface area contributed by atoms with Crippen LogP contribution >= 0.6 is 0 Å². The summed E-state index contributed by atoms with van der Waals surface area (Å²) in [6.07, 6.45) is 3.33. The predicted molar refractivity (Wildman–Crippen MR) is 64.5 cm³/mol. The summed E-state index contributed by atoms with van der Waals surface area (Å²) in [4.78, 5) is 26.3. The Morgan fingerprint density at radius 3 is 2.94 bits per heavy atom. The number of aliphatic carboxylic acids is 1. The topological polar surface area (TPSA) is 83.7 Å². The van der Waals surface area contributed by atoms with Crippen LogP contribution in [0.15, 0.2) is 24.5 Å². The molecule has 6 nitrogen and oxygen atoms in total. The molecular weight excluding hydrogens is 234 g/mol. The monoisotopic (exact) mass is 247 g/mol. The van der Waals surface area contributed by atoms with Crippen LogP contribution in [0.25, 0.3) is 5.65 Å². The lowest BCUT2D eigenvalue weighted by Crippen LogP contribution is -2.26. The van der Waals surface area contributed by atoms with Crippen molar-refractivity contribution in [2.45, 2.75) is 13.3 Å². The molecule has 1 amide bonds. The average Bonchev–Trinajstić information content (AvgIpc) is 2.74. The molecule has 2 heterocycles. The molecule has 2 rings (SSSR count). The zero-order chi connectivity index (χ0) is 13.1. The number of carboxylic acid groups (broad SMARTS) is 1. The van der Waals surface area contributed by atoms with Gasteiger partial charge in [0.25, 0.3) is 5.91 Å². The van der Waals surface area contributed by atoms with Crippen LogP contribution in [-0.2, 0) is 4.79 Å². The number of fused-ring (bicyclic) bond motifs is 1. The smallest absolute Gasteiger partial charge is 0.305 e. The van der Waals surface area contributed by atoms with Crippen LogP contribution in [0.5, 0.6) is 0 Å². The van der Waals surface area contributed by atoms with E-state index in [1.807, 2.05) is 25.3 Å². The number of rotatable bonds is 4. The molecule has 0 unspecified atom stereocenters. The number of carbonyl (C=O) groups excluding carboxylic acids is 1. The Hall–Kier alpha value is -2.37. The first kappa shape index (κ1) is 12.1. The van der Waals surface area contributed by atoms with Gasteiger partial charge in [0.2, 0.25) is 0 Å². The number of aromatic nitrogens is 2. The van der Waals surface area contributed by atoms with Crippen molar-refractivity contribution in [3.8, 4) is 0 Å². The van der Waals surface area contributed by atoms with Gasteiger partial charge >= 0.3 is 5.97 Å². The number of hydrogen-bond acceptors (Lipinski definition) is 3. The summed E-state index contributed by atoms with van der Waals surface area (Å²) < 4.78 is 1.77. The number of aryl methyl sites for hydroxylation is 1.